The maximum Gasteiger partial charge on any atom is 0.417 e. The first-order chi connectivity index (χ1) is 9.79. The molecule has 1 heterocycles. The molecule has 21 heavy (non-hydrogen) atoms. The predicted molar refractivity (Wildman–Crippen MR) is 61.6 cm³/mol. The van der Waals surface area contributed by atoms with Crippen LogP contribution in [0.4, 0.5) is 17.6 Å². The van der Waals surface area contributed by atoms with E-state index in [0.717, 1.165) is 18.5 Å². The Kier molecular flexibility index (Phi) is 3.92. The van der Waals surface area contributed by atoms with Gasteiger partial charge in [-0.15, -0.1) is 0 Å². The van der Waals surface area contributed by atoms with Crippen molar-refractivity contribution in [3.05, 3.63) is 47.4 Å². The van der Waals surface area contributed by atoms with Crippen LogP contribution in [0.1, 0.15) is 34.7 Å². The minimum absolute atomic E-state index is 0.110. The number of rotatable bonds is 3. The molecule has 2 aromatic rings. The number of nitrogens with one attached hydrogen (secondary N) is 1. The number of nitrogens with zero attached hydrogens (tertiary/aromatic N) is 2. The highest BCUT2D eigenvalue weighted by molar-refractivity contribution is 5.96. The second-order valence-electron chi connectivity index (χ2n) is 4.17. The van der Waals surface area contributed by atoms with Crippen LogP contribution in [0.5, 0.6) is 0 Å². The first-order valence-electron chi connectivity index (χ1n) is 5.73. The molecule has 0 unspecified atom stereocenters. The summed E-state index contributed by atoms with van der Waals surface area (Å²) in [5.41, 5.74) is -2.03. The zero-order chi connectivity index (χ0) is 15.6. The zero-order valence-electron chi connectivity index (χ0n) is 10.6. The molecule has 0 bridgehead atoms. The largest absolute Gasteiger partial charge is 0.417 e. The minimum atomic E-state index is -4.84. The Hall–Kier alpha value is -2.45. The summed E-state index contributed by atoms with van der Waals surface area (Å²) in [6.45, 7) is 1.47. The highest BCUT2D eigenvalue weighted by atomic mass is 19.4. The van der Waals surface area contributed by atoms with Gasteiger partial charge in [0, 0.05) is 0 Å². The van der Waals surface area contributed by atoms with Gasteiger partial charge in [0.05, 0.1) is 17.2 Å². The Bertz CT molecular complexity index is 640. The molecular weight excluding hydrogens is 294 g/mol. The third-order valence-electron chi connectivity index (χ3n) is 2.64. The van der Waals surface area contributed by atoms with Crippen LogP contribution in [0.15, 0.2) is 29.1 Å². The van der Waals surface area contributed by atoms with E-state index >= 15 is 0 Å². The number of aromatic nitrogens is 2. The van der Waals surface area contributed by atoms with E-state index in [1.807, 2.05) is 0 Å². The van der Waals surface area contributed by atoms with Gasteiger partial charge in [-0.2, -0.15) is 18.2 Å². The normalized spacial score (nSPS) is 13.0. The molecule has 1 N–H and O–H groups in total. The molecule has 0 aliphatic carbocycles. The summed E-state index contributed by atoms with van der Waals surface area (Å²) in [7, 11) is 0. The second-order valence-corrected chi connectivity index (χ2v) is 4.17. The van der Waals surface area contributed by atoms with Gasteiger partial charge < -0.3 is 9.84 Å². The van der Waals surface area contributed by atoms with Crippen molar-refractivity contribution in [2.24, 2.45) is 0 Å². The molecule has 0 saturated carbocycles. The second kappa shape index (κ2) is 5.51. The summed E-state index contributed by atoms with van der Waals surface area (Å²) < 4.78 is 55.9. The van der Waals surface area contributed by atoms with Crippen molar-refractivity contribution in [1.82, 2.24) is 15.5 Å². The van der Waals surface area contributed by atoms with Crippen LogP contribution in [0.25, 0.3) is 0 Å². The lowest BCUT2D eigenvalue weighted by atomic mass is 10.1. The quantitative estimate of drug-likeness (QED) is 0.885. The van der Waals surface area contributed by atoms with Gasteiger partial charge in [-0.05, 0) is 25.1 Å². The van der Waals surface area contributed by atoms with Crippen LogP contribution in [0.2, 0.25) is 0 Å². The average Bonchev–Trinajstić information content (AvgIpc) is 2.91. The van der Waals surface area contributed by atoms with Gasteiger partial charge in [0.2, 0.25) is 6.39 Å². The first kappa shape index (κ1) is 14.9. The molecule has 5 nitrogen and oxygen atoms in total. The maximum absolute atomic E-state index is 13.0. The minimum Gasteiger partial charge on any atom is -0.343 e. The number of carbonyl (C=O) groups excluding carboxylic acids is 1. The Morgan fingerprint density at radius 3 is 2.67 bits per heavy atom. The molecule has 1 aromatic carbocycles. The van der Waals surface area contributed by atoms with Gasteiger partial charge in [-0.25, -0.2) is 4.39 Å². The number of hydrogen-bond acceptors (Lipinski definition) is 4. The lowest BCUT2D eigenvalue weighted by Gasteiger charge is -2.15. The number of amides is 1. The smallest absolute Gasteiger partial charge is 0.343 e. The molecule has 0 aliphatic rings. The Morgan fingerprint density at radius 1 is 1.38 bits per heavy atom. The molecule has 1 atom stereocenters. The third-order valence-corrected chi connectivity index (χ3v) is 2.64. The van der Waals surface area contributed by atoms with Crippen LogP contribution in [0.3, 0.4) is 0 Å². The number of alkyl halides is 3. The summed E-state index contributed by atoms with van der Waals surface area (Å²) in [4.78, 5) is 15.6. The van der Waals surface area contributed by atoms with Gasteiger partial charge in [-0.3, -0.25) is 4.79 Å². The number of hydrogen-bond donors (Lipinski definition) is 1. The molecule has 0 saturated heterocycles. The van der Waals surface area contributed by atoms with Crippen LogP contribution in [0, 0.1) is 5.82 Å². The zero-order valence-corrected chi connectivity index (χ0v) is 10.6. The van der Waals surface area contributed by atoms with Crippen molar-refractivity contribution >= 4 is 5.91 Å². The fourth-order valence-electron chi connectivity index (χ4n) is 1.66. The topological polar surface area (TPSA) is 68.0 Å². The van der Waals surface area contributed by atoms with Crippen LogP contribution in [-0.4, -0.2) is 16.0 Å². The highest BCUT2D eigenvalue weighted by Crippen LogP contribution is 2.32. The van der Waals surface area contributed by atoms with Gasteiger partial charge in [-0.1, -0.05) is 5.16 Å². The average molecular weight is 303 g/mol. The van der Waals surface area contributed by atoms with E-state index in [1.165, 1.54) is 6.92 Å². The monoisotopic (exact) mass is 303 g/mol. The molecule has 0 radical (unpaired) electrons. The first-order valence-corrected chi connectivity index (χ1v) is 5.73. The van der Waals surface area contributed by atoms with Gasteiger partial charge in [0.1, 0.15) is 5.82 Å². The third kappa shape index (κ3) is 3.36. The molecular formula is C12H9F4N3O2. The Balaban J connectivity index is 2.27. The molecule has 1 amide bonds. The van der Waals surface area contributed by atoms with E-state index < -0.39 is 35.1 Å². The van der Waals surface area contributed by atoms with E-state index in [0.29, 0.717) is 0 Å². The molecule has 0 spiro atoms. The fraction of sp³-hybridized carbons (Fsp3) is 0.250. The van der Waals surface area contributed by atoms with E-state index in [4.69, 9.17) is 0 Å². The molecule has 0 aliphatic heterocycles. The van der Waals surface area contributed by atoms with Crippen molar-refractivity contribution in [2.45, 2.75) is 19.1 Å². The van der Waals surface area contributed by atoms with Crippen LogP contribution in [-0.2, 0) is 6.18 Å². The highest BCUT2D eigenvalue weighted by Gasteiger charge is 2.36. The summed E-state index contributed by atoms with van der Waals surface area (Å²) in [6.07, 6.45) is -3.82. The van der Waals surface area contributed by atoms with Crippen molar-refractivity contribution in [3.8, 4) is 0 Å². The number of halogens is 4. The van der Waals surface area contributed by atoms with Crippen molar-refractivity contribution in [3.63, 3.8) is 0 Å². The maximum atomic E-state index is 13.0. The SMILES string of the molecule is C[C@@H](NC(=O)c1ccc(F)cc1C(F)(F)F)c1ncon1. The van der Waals surface area contributed by atoms with Crippen LogP contribution < -0.4 is 5.32 Å². The van der Waals surface area contributed by atoms with Crippen molar-refractivity contribution < 1.29 is 26.9 Å². The Morgan fingerprint density at radius 2 is 2.10 bits per heavy atom. The lowest BCUT2D eigenvalue weighted by Crippen LogP contribution is -2.29. The molecule has 2 rings (SSSR count). The molecule has 9 heteroatoms. The molecule has 112 valence electrons. The Labute approximate surface area is 116 Å². The van der Waals surface area contributed by atoms with Gasteiger partial charge >= 0.3 is 6.18 Å². The standard InChI is InChI=1S/C12H9F4N3O2/c1-6(10-17-5-21-19-10)18-11(20)8-3-2-7(13)4-9(8)12(14,15)16/h2-6H,1H3,(H,18,20)/t6-/m1/s1. The van der Waals surface area contributed by atoms with Crippen LogP contribution >= 0.6 is 0 Å². The number of benzene rings is 1. The lowest BCUT2D eigenvalue weighted by molar-refractivity contribution is -0.138. The summed E-state index contributed by atoms with van der Waals surface area (Å²) in [6, 6.07) is 1.07. The summed E-state index contributed by atoms with van der Waals surface area (Å²) in [5, 5.41) is 5.75. The van der Waals surface area contributed by atoms with Crippen molar-refractivity contribution in [1.29, 1.82) is 0 Å². The van der Waals surface area contributed by atoms with E-state index in [-0.39, 0.29) is 11.9 Å². The van der Waals surface area contributed by atoms with Gasteiger partial charge in [0.25, 0.3) is 5.91 Å². The molecule has 0 fully saturated rings. The predicted octanol–water partition coefficient (Wildman–Crippen LogP) is 2.72. The fourth-order valence-corrected chi connectivity index (χ4v) is 1.66. The van der Waals surface area contributed by atoms with Crippen molar-refractivity contribution in [2.75, 3.05) is 0 Å². The number of carbonyl (C=O) groups is 1. The van der Waals surface area contributed by atoms with Gasteiger partial charge in [0.15, 0.2) is 5.82 Å². The summed E-state index contributed by atoms with van der Waals surface area (Å²) >= 11 is 0. The summed E-state index contributed by atoms with van der Waals surface area (Å²) in [5.74, 6) is -1.98. The van der Waals surface area contributed by atoms with E-state index in [2.05, 4.69) is 20.0 Å². The van der Waals surface area contributed by atoms with E-state index in [9.17, 15) is 22.4 Å². The molecule has 1 aromatic heterocycles. The van der Waals surface area contributed by atoms with E-state index in [1.54, 1.807) is 0 Å².